The van der Waals surface area contributed by atoms with Gasteiger partial charge in [0.05, 0.1) is 9.75 Å². The van der Waals surface area contributed by atoms with Crippen molar-refractivity contribution in [3.8, 4) is 48.6 Å². The van der Waals surface area contributed by atoms with E-state index in [2.05, 4.69) is 41.1 Å². The summed E-state index contributed by atoms with van der Waals surface area (Å²) in [6, 6.07) is 11.0. The van der Waals surface area contributed by atoms with Crippen LogP contribution in [0.15, 0.2) is 41.1 Å². The van der Waals surface area contributed by atoms with Gasteiger partial charge in [-0.15, -0.1) is 22.7 Å². The number of fused-ring (bicyclic) bond motifs is 3. The number of benzene rings is 1. The molecule has 33 heavy (non-hydrogen) atoms. The molecule has 0 saturated carbocycles. The molecule has 0 N–H and O–H groups in total. The van der Waals surface area contributed by atoms with Crippen molar-refractivity contribution in [2.24, 2.45) is 0 Å². The van der Waals surface area contributed by atoms with Gasteiger partial charge in [-0.3, -0.25) is 0 Å². The lowest BCUT2D eigenvalue weighted by molar-refractivity contribution is 0.174. The van der Waals surface area contributed by atoms with Crippen LogP contribution in [0.4, 0.5) is 0 Å². The monoisotopic (exact) mass is 494 g/mol. The molecule has 0 saturated heterocycles. The molecule has 168 valence electrons. The minimum Gasteiger partial charge on any atom is -0.485 e. The fourth-order valence-corrected chi connectivity index (χ4v) is 10.7. The minimum atomic E-state index is -0.740. The average Bonchev–Trinajstić information content (AvgIpc) is 3.58. The van der Waals surface area contributed by atoms with Gasteiger partial charge >= 0.3 is 0 Å². The van der Waals surface area contributed by atoms with Gasteiger partial charge in [-0.05, 0) is 42.1 Å². The van der Waals surface area contributed by atoms with E-state index in [1.54, 1.807) is 22.7 Å². The van der Waals surface area contributed by atoms with Gasteiger partial charge in [0.1, 0.15) is 26.4 Å². The topological polar surface area (TPSA) is 36.9 Å². The van der Waals surface area contributed by atoms with E-state index in [1.165, 1.54) is 49.6 Å². The molecule has 0 spiro atoms. The zero-order valence-corrected chi connectivity index (χ0v) is 20.6. The Morgan fingerprint density at radius 3 is 1.70 bits per heavy atom. The first kappa shape index (κ1) is 20.0. The maximum atomic E-state index is 6.19. The largest absolute Gasteiger partial charge is 0.485 e. The van der Waals surface area contributed by atoms with Crippen LogP contribution in [0.1, 0.15) is 24.0 Å². The number of rotatable bonds is 3. The van der Waals surface area contributed by atoms with Crippen LogP contribution in [0.25, 0.3) is 25.6 Å². The third-order valence-corrected chi connectivity index (χ3v) is 11.4. The van der Waals surface area contributed by atoms with Gasteiger partial charge in [0.15, 0.2) is 23.0 Å². The van der Waals surface area contributed by atoms with Crippen molar-refractivity contribution in [2.45, 2.75) is 25.7 Å². The van der Waals surface area contributed by atoms with Crippen LogP contribution in [-0.4, -0.2) is 26.4 Å². The smallest absolute Gasteiger partial charge is 0.180 e. The molecule has 5 heterocycles. The maximum absolute atomic E-state index is 6.19. The number of hydrogen-bond donors (Lipinski definition) is 0. The average molecular weight is 495 g/mol. The predicted octanol–water partition coefficient (Wildman–Crippen LogP) is 7.54. The molecule has 0 unspecified atom stereocenters. The van der Waals surface area contributed by atoms with E-state index >= 15 is 0 Å². The Morgan fingerprint density at radius 1 is 0.636 bits per heavy atom. The second-order valence-corrected chi connectivity index (χ2v) is 12.3. The highest BCUT2D eigenvalue weighted by Gasteiger charge is 2.34. The van der Waals surface area contributed by atoms with Crippen molar-refractivity contribution >= 4 is 30.2 Å². The summed E-state index contributed by atoms with van der Waals surface area (Å²) in [5.74, 6) is 3.68. The highest BCUT2D eigenvalue weighted by Crippen LogP contribution is 2.67. The van der Waals surface area contributed by atoms with Crippen molar-refractivity contribution in [3.05, 3.63) is 52.2 Å². The summed E-state index contributed by atoms with van der Waals surface area (Å²) in [6.45, 7) is 2.46. The first-order valence-corrected chi connectivity index (χ1v) is 14.6. The Labute approximate surface area is 201 Å². The fourth-order valence-electron chi connectivity index (χ4n) is 5.17. The van der Waals surface area contributed by atoms with Gasteiger partial charge in [-0.1, -0.05) is 37.9 Å². The zero-order chi connectivity index (χ0) is 21.8. The first-order valence-electron chi connectivity index (χ1n) is 11.5. The molecule has 0 fully saturated rings. The van der Waals surface area contributed by atoms with Crippen LogP contribution in [-0.2, 0) is 12.8 Å². The summed E-state index contributed by atoms with van der Waals surface area (Å²) in [5.41, 5.74) is 3.06. The summed E-state index contributed by atoms with van der Waals surface area (Å²) in [7, 11) is -0.740. The molecule has 3 aromatic heterocycles. The molecule has 7 heteroatoms. The lowest BCUT2D eigenvalue weighted by atomic mass is 9.91. The van der Waals surface area contributed by atoms with Gasteiger partial charge in [0.2, 0.25) is 0 Å². The van der Waals surface area contributed by atoms with Crippen molar-refractivity contribution in [2.75, 3.05) is 26.4 Å². The molecule has 0 amide bonds. The molecule has 7 rings (SSSR count). The molecule has 0 radical (unpaired) electrons. The normalized spacial score (nSPS) is 16.5. The molecule has 1 aliphatic carbocycles. The van der Waals surface area contributed by atoms with Crippen LogP contribution in [0.3, 0.4) is 0 Å². The Bertz CT molecular complexity index is 1250. The molecule has 2 aliphatic heterocycles. The Hall–Kier alpha value is -2.40. The molecular weight excluding hydrogens is 471 g/mol. The van der Waals surface area contributed by atoms with Crippen molar-refractivity contribution in [1.82, 2.24) is 0 Å². The van der Waals surface area contributed by atoms with Crippen LogP contribution in [0, 0.1) is 0 Å². The fraction of sp³-hybridized carbons (Fsp3) is 0.308. The van der Waals surface area contributed by atoms with Crippen LogP contribution in [0.2, 0.25) is 0 Å². The van der Waals surface area contributed by atoms with Crippen molar-refractivity contribution in [3.63, 3.8) is 0 Å². The van der Waals surface area contributed by atoms with Gasteiger partial charge in [-0.2, -0.15) is 0 Å². The lowest BCUT2D eigenvalue weighted by Crippen LogP contribution is -2.14. The summed E-state index contributed by atoms with van der Waals surface area (Å²) in [5, 5.41) is 8.57. The quantitative estimate of drug-likeness (QED) is 0.295. The van der Waals surface area contributed by atoms with E-state index < -0.39 is 7.53 Å². The van der Waals surface area contributed by atoms with E-state index in [0.29, 0.717) is 26.4 Å². The van der Waals surface area contributed by atoms with Crippen LogP contribution < -0.4 is 18.9 Å². The molecule has 0 bridgehead atoms. The van der Waals surface area contributed by atoms with Crippen LogP contribution in [0.5, 0.6) is 23.0 Å². The number of thiophene rings is 2. The van der Waals surface area contributed by atoms with Crippen molar-refractivity contribution in [1.29, 1.82) is 0 Å². The zero-order valence-electron chi connectivity index (χ0n) is 18.1. The van der Waals surface area contributed by atoms with Gasteiger partial charge in [0.25, 0.3) is 0 Å². The first-order chi connectivity index (χ1) is 16.4. The standard InChI is InChI=1S/C26H23O4PS2/c1-2-6-16(7-3-1)31-23(25-21-19(14-32-25)27-10-12-29-21)17-8-4-5-9-18(17)24(31)26-22-20(15-33-26)28-11-13-30-22/h1-3,6-7,14-15H,4-5,8-13H2. The Morgan fingerprint density at radius 2 is 1.15 bits per heavy atom. The third kappa shape index (κ3) is 3.15. The molecule has 4 nitrogen and oxygen atoms in total. The number of hydrogen-bond acceptors (Lipinski definition) is 6. The second kappa shape index (κ2) is 8.12. The van der Waals surface area contributed by atoms with Gasteiger partial charge < -0.3 is 18.9 Å². The van der Waals surface area contributed by atoms with Crippen molar-refractivity contribution < 1.29 is 18.9 Å². The van der Waals surface area contributed by atoms with E-state index in [9.17, 15) is 0 Å². The highest BCUT2D eigenvalue weighted by atomic mass is 32.1. The minimum absolute atomic E-state index is 0.610. The summed E-state index contributed by atoms with van der Waals surface area (Å²) < 4.78 is 24.2. The maximum Gasteiger partial charge on any atom is 0.180 e. The highest BCUT2D eigenvalue weighted by molar-refractivity contribution is 7.64. The van der Waals surface area contributed by atoms with Crippen LogP contribution >= 0.6 is 30.2 Å². The SMILES string of the molecule is c1ccc(-p2c(-c3scc4c3OCCO4)c3c(c2-c2scc4c2OCCO4)CCCC3)cc1. The summed E-state index contributed by atoms with van der Waals surface area (Å²) >= 11 is 3.55. The molecule has 0 atom stereocenters. The third-order valence-electron chi connectivity index (χ3n) is 6.53. The Kier molecular flexibility index (Phi) is 4.93. The summed E-state index contributed by atoms with van der Waals surface area (Å²) in [6.07, 6.45) is 4.72. The van der Waals surface area contributed by atoms with E-state index in [-0.39, 0.29) is 0 Å². The second-order valence-electron chi connectivity index (χ2n) is 8.44. The molecule has 3 aliphatic rings. The Balaban J connectivity index is 1.56. The van der Waals surface area contributed by atoms with E-state index in [4.69, 9.17) is 18.9 Å². The molecule has 1 aromatic carbocycles. The van der Waals surface area contributed by atoms with E-state index in [0.717, 1.165) is 35.8 Å². The predicted molar refractivity (Wildman–Crippen MR) is 136 cm³/mol. The van der Waals surface area contributed by atoms with Gasteiger partial charge in [0, 0.05) is 21.4 Å². The lowest BCUT2D eigenvalue weighted by Gasteiger charge is -2.18. The molecule has 4 aromatic rings. The van der Waals surface area contributed by atoms with Gasteiger partial charge in [-0.25, -0.2) is 0 Å². The number of ether oxygens (including phenoxy) is 4. The van der Waals surface area contributed by atoms with E-state index in [1.807, 2.05) is 0 Å². The molecular formula is C26H23O4PS2. The summed E-state index contributed by atoms with van der Waals surface area (Å²) in [4.78, 5) is 2.51.